The molecule has 0 aromatic heterocycles. The molecule has 1 aliphatic rings. The molecule has 160 valence electrons. The van der Waals surface area contributed by atoms with Crippen molar-refractivity contribution in [2.75, 3.05) is 13.2 Å². The minimum Gasteiger partial charge on any atom is -0.464 e. The first kappa shape index (κ1) is 21.8. The summed E-state index contributed by atoms with van der Waals surface area (Å²) in [5.41, 5.74) is -0.135. The Morgan fingerprint density at radius 1 is 1.03 bits per heavy atom. The smallest absolute Gasteiger partial charge is 0.464 e. The fourth-order valence-electron chi connectivity index (χ4n) is 3.07. The topological polar surface area (TPSA) is 117 Å². The molecule has 2 aromatic rings. The Hall–Kier alpha value is -2.90. The molecule has 2 aromatic carbocycles. The third kappa shape index (κ3) is 6.57. The molecule has 1 atom stereocenters. The van der Waals surface area contributed by atoms with E-state index in [4.69, 9.17) is 13.8 Å². The number of benzene rings is 2. The van der Waals surface area contributed by atoms with E-state index in [0.717, 1.165) is 25.7 Å². The number of para-hydroxylation sites is 1. The van der Waals surface area contributed by atoms with E-state index in [1.54, 1.807) is 30.3 Å². The van der Waals surface area contributed by atoms with Gasteiger partial charge in [0.2, 0.25) is 0 Å². The summed E-state index contributed by atoms with van der Waals surface area (Å²) in [6.07, 6.45) is 4.37. The van der Waals surface area contributed by atoms with Gasteiger partial charge in [0.15, 0.2) is 0 Å². The van der Waals surface area contributed by atoms with Crippen LogP contribution in [0.3, 0.4) is 0 Å². The number of hydrogen-bond acceptors (Lipinski definition) is 7. The molecular weight excluding hydrogens is 411 g/mol. The lowest BCUT2D eigenvalue weighted by Crippen LogP contribution is -2.27. The zero-order valence-electron chi connectivity index (χ0n) is 16.3. The first-order valence-corrected chi connectivity index (χ1v) is 11.2. The highest BCUT2D eigenvalue weighted by Gasteiger charge is 2.30. The summed E-state index contributed by atoms with van der Waals surface area (Å²) in [7, 11) is -4.03. The predicted molar refractivity (Wildman–Crippen MR) is 109 cm³/mol. The molecule has 0 amide bonds. The molecule has 0 aliphatic heterocycles. The largest absolute Gasteiger partial charge is 0.513 e. The number of non-ortho nitro benzene ring substituents is 1. The normalized spacial score (nSPS) is 15.9. The number of esters is 1. The maximum absolute atomic E-state index is 13.2. The van der Waals surface area contributed by atoms with Crippen LogP contribution in [-0.2, 0) is 14.1 Å². The Labute approximate surface area is 174 Å². The number of carbonyl (C=O) groups is 1. The van der Waals surface area contributed by atoms with Crippen LogP contribution in [0.2, 0.25) is 0 Å². The van der Waals surface area contributed by atoms with Crippen LogP contribution in [0, 0.1) is 16.0 Å². The average Bonchev–Trinajstić information content (AvgIpc) is 3.25. The van der Waals surface area contributed by atoms with Crippen LogP contribution in [0.5, 0.6) is 11.5 Å². The van der Waals surface area contributed by atoms with Crippen molar-refractivity contribution < 1.29 is 28.1 Å². The molecule has 0 radical (unpaired) electrons. The second kappa shape index (κ2) is 10.2. The van der Waals surface area contributed by atoms with Crippen LogP contribution >= 0.6 is 7.75 Å². The molecule has 1 unspecified atom stereocenters. The monoisotopic (exact) mass is 434 g/mol. The van der Waals surface area contributed by atoms with Crippen molar-refractivity contribution in [2.24, 2.45) is 5.92 Å². The summed E-state index contributed by atoms with van der Waals surface area (Å²) in [5.74, 6) is 0.171. The van der Waals surface area contributed by atoms with Gasteiger partial charge in [-0.1, -0.05) is 31.0 Å². The summed E-state index contributed by atoms with van der Waals surface area (Å²) in [4.78, 5) is 22.3. The summed E-state index contributed by atoms with van der Waals surface area (Å²) in [5, 5.41) is 13.3. The molecular formula is C20H23N2O7P. The molecule has 1 saturated carbocycles. The van der Waals surface area contributed by atoms with Crippen molar-refractivity contribution in [3.8, 4) is 11.5 Å². The van der Waals surface area contributed by atoms with Crippen molar-refractivity contribution in [1.82, 2.24) is 5.09 Å². The summed E-state index contributed by atoms with van der Waals surface area (Å²) >= 11 is 0. The number of carbonyl (C=O) groups excluding carboxylic acids is 1. The zero-order chi connectivity index (χ0) is 21.4. The standard InChI is InChI=1S/C20H23N2O7P/c23-20(27-15-16-6-4-5-7-16)14-21-30(26,28-18-8-2-1-3-9-18)29-19-12-10-17(11-13-19)22(24)25/h1-3,8-13,16H,4-7,14-15H2,(H,21,26). The van der Waals surface area contributed by atoms with Gasteiger partial charge in [0.25, 0.3) is 5.69 Å². The van der Waals surface area contributed by atoms with Crippen molar-refractivity contribution in [3.63, 3.8) is 0 Å². The van der Waals surface area contributed by atoms with Crippen LogP contribution < -0.4 is 14.1 Å². The van der Waals surface area contributed by atoms with Gasteiger partial charge in [0, 0.05) is 12.1 Å². The number of hydrogen-bond donors (Lipinski definition) is 1. The lowest BCUT2D eigenvalue weighted by molar-refractivity contribution is -0.384. The molecule has 1 aliphatic carbocycles. The van der Waals surface area contributed by atoms with Crippen molar-refractivity contribution >= 4 is 19.4 Å². The van der Waals surface area contributed by atoms with Gasteiger partial charge < -0.3 is 13.8 Å². The first-order chi connectivity index (χ1) is 14.4. The van der Waals surface area contributed by atoms with E-state index < -0.39 is 18.6 Å². The number of nitrogens with one attached hydrogen (secondary N) is 1. The number of nitrogens with zero attached hydrogens (tertiary/aromatic N) is 1. The maximum Gasteiger partial charge on any atom is 0.513 e. The van der Waals surface area contributed by atoms with E-state index in [1.165, 1.54) is 24.3 Å². The van der Waals surface area contributed by atoms with Gasteiger partial charge in [0.05, 0.1) is 11.5 Å². The number of nitro groups is 1. The summed E-state index contributed by atoms with van der Waals surface area (Å²) < 4.78 is 29.4. The SMILES string of the molecule is O=C(CNP(=O)(Oc1ccccc1)Oc1ccc([N+](=O)[O-])cc1)OCC1CCCC1. The summed E-state index contributed by atoms with van der Waals surface area (Å²) in [6.45, 7) is -0.0304. The minimum absolute atomic E-state index is 0.0895. The second-order valence-corrected chi connectivity index (χ2v) is 8.59. The second-order valence-electron chi connectivity index (χ2n) is 6.91. The molecule has 0 saturated heterocycles. The Balaban J connectivity index is 1.64. The van der Waals surface area contributed by atoms with E-state index in [2.05, 4.69) is 5.09 Å². The lowest BCUT2D eigenvalue weighted by atomic mass is 10.1. The first-order valence-electron chi connectivity index (χ1n) is 9.63. The Kier molecular flexibility index (Phi) is 7.43. The number of nitro benzene ring substituents is 1. The highest BCUT2D eigenvalue weighted by Crippen LogP contribution is 2.44. The van der Waals surface area contributed by atoms with Gasteiger partial charge in [-0.3, -0.25) is 14.9 Å². The van der Waals surface area contributed by atoms with Crippen molar-refractivity contribution in [3.05, 3.63) is 64.7 Å². The van der Waals surface area contributed by atoms with Crippen LogP contribution in [-0.4, -0.2) is 24.0 Å². The van der Waals surface area contributed by atoms with Crippen LogP contribution in [0.25, 0.3) is 0 Å². The Morgan fingerprint density at radius 2 is 1.63 bits per heavy atom. The van der Waals surface area contributed by atoms with E-state index in [9.17, 15) is 19.5 Å². The molecule has 10 heteroatoms. The van der Waals surface area contributed by atoms with Gasteiger partial charge in [-0.25, -0.2) is 4.57 Å². The van der Waals surface area contributed by atoms with Crippen LogP contribution in [0.15, 0.2) is 54.6 Å². The van der Waals surface area contributed by atoms with Crippen molar-refractivity contribution in [2.45, 2.75) is 25.7 Å². The maximum atomic E-state index is 13.2. The Morgan fingerprint density at radius 3 is 2.23 bits per heavy atom. The third-order valence-electron chi connectivity index (χ3n) is 4.61. The lowest BCUT2D eigenvalue weighted by Gasteiger charge is -2.20. The van der Waals surface area contributed by atoms with Gasteiger partial charge in [-0.2, -0.15) is 5.09 Å². The molecule has 0 heterocycles. The molecule has 1 fully saturated rings. The summed E-state index contributed by atoms with van der Waals surface area (Å²) in [6, 6.07) is 13.4. The van der Waals surface area contributed by atoms with Gasteiger partial charge in [0.1, 0.15) is 18.0 Å². The molecule has 9 nitrogen and oxygen atoms in total. The zero-order valence-corrected chi connectivity index (χ0v) is 17.2. The van der Waals surface area contributed by atoms with Crippen LogP contribution in [0.4, 0.5) is 5.69 Å². The van der Waals surface area contributed by atoms with Gasteiger partial charge in [-0.15, -0.1) is 0 Å². The van der Waals surface area contributed by atoms with Gasteiger partial charge in [-0.05, 0) is 43.0 Å². The Bertz CT molecular complexity index is 899. The third-order valence-corrected chi connectivity index (χ3v) is 6.06. The van der Waals surface area contributed by atoms with Crippen LogP contribution in [0.1, 0.15) is 25.7 Å². The molecule has 1 N–H and O–H groups in total. The highest BCUT2D eigenvalue weighted by atomic mass is 31.2. The molecule has 3 rings (SSSR count). The molecule has 30 heavy (non-hydrogen) atoms. The van der Waals surface area contributed by atoms with Crippen molar-refractivity contribution in [1.29, 1.82) is 0 Å². The number of rotatable bonds is 10. The van der Waals surface area contributed by atoms with Gasteiger partial charge >= 0.3 is 13.7 Å². The van der Waals surface area contributed by atoms with E-state index in [-0.39, 0.29) is 23.7 Å². The molecule has 0 spiro atoms. The fraction of sp³-hybridized carbons (Fsp3) is 0.350. The van der Waals surface area contributed by atoms with E-state index in [1.807, 2.05) is 0 Å². The highest BCUT2D eigenvalue weighted by molar-refractivity contribution is 7.52. The number of ether oxygens (including phenoxy) is 1. The van der Waals surface area contributed by atoms with E-state index >= 15 is 0 Å². The predicted octanol–water partition coefficient (Wildman–Crippen LogP) is 4.48. The molecule has 0 bridgehead atoms. The minimum atomic E-state index is -4.03. The van der Waals surface area contributed by atoms with E-state index in [0.29, 0.717) is 12.5 Å². The quantitative estimate of drug-likeness (QED) is 0.252. The average molecular weight is 434 g/mol. The fourth-order valence-corrected chi connectivity index (χ4v) is 4.36.